The maximum absolute atomic E-state index is 12.8. The van der Waals surface area contributed by atoms with Crippen LogP contribution in [0.2, 0.25) is 0 Å². The summed E-state index contributed by atoms with van der Waals surface area (Å²) in [7, 11) is 1.77. The van der Waals surface area contributed by atoms with Crippen molar-refractivity contribution in [2.24, 2.45) is 0 Å². The molecule has 21 heavy (non-hydrogen) atoms. The molecule has 0 radical (unpaired) electrons. The van der Waals surface area contributed by atoms with Gasteiger partial charge in [0.2, 0.25) is 5.91 Å². The molecular formula is C15H32FN3O2. The molecule has 1 atom stereocenters. The second kappa shape index (κ2) is 14.2. The summed E-state index contributed by atoms with van der Waals surface area (Å²) in [6, 6.07) is 0. The lowest BCUT2D eigenvalue weighted by molar-refractivity contribution is -0.129. The Morgan fingerprint density at radius 1 is 1.10 bits per heavy atom. The quantitative estimate of drug-likeness (QED) is 0.152. The zero-order chi connectivity index (χ0) is 15.9. The average Bonchev–Trinajstić information content (AvgIpc) is 2.47. The van der Waals surface area contributed by atoms with Crippen LogP contribution in [-0.4, -0.2) is 42.6 Å². The van der Waals surface area contributed by atoms with E-state index in [0.29, 0.717) is 13.1 Å². The zero-order valence-corrected chi connectivity index (χ0v) is 13.5. The number of hydrogen-bond acceptors (Lipinski definition) is 4. The molecule has 0 aromatic carbocycles. The van der Waals surface area contributed by atoms with Crippen molar-refractivity contribution in [1.29, 1.82) is 0 Å². The van der Waals surface area contributed by atoms with E-state index in [1.807, 2.05) is 0 Å². The largest absolute Gasteiger partial charge is 0.304 e. The first-order chi connectivity index (χ1) is 10.1. The minimum atomic E-state index is -0.902. The summed E-state index contributed by atoms with van der Waals surface area (Å²) in [6.07, 6.45) is 8.54. The van der Waals surface area contributed by atoms with E-state index >= 15 is 0 Å². The Balaban J connectivity index is 3.11. The third kappa shape index (κ3) is 14.0. The molecule has 0 saturated heterocycles. The number of hydroxylamine groups is 1. The van der Waals surface area contributed by atoms with E-state index in [2.05, 4.69) is 5.32 Å². The van der Waals surface area contributed by atoms with E-state index in [1.54, 1.807) is 17.4 Å². The van der Waals surface area contributed by atoms with Crippen molar-refractivity contribution in [3.63, 3.8) is 0 Å². The molecule has 3 N–H and O–H groups in total. The highest BCUT2D eigenvalue weighted by molar-refractivity contribution is 5.74. The van der Waals surface area contributed by atoms with Crippen LogP contribution in [0.1, 0.15) is 64.7 Å². The van der Waals surface area contributed by atoms with Gasteiger partial charge in [-0.3, -0.25) is 14.9 Å². The molecule has 1 amide bonds. The van der Waals surface area contributed by atoms with E-state index in [0.717, 1.165) is 32.2 Å². The summed E-state index contributed by atoms with van der Waals surface area (Å²) in [5.74, 6) is -0.296. The lowest BCUT2D eigenvalue weighted by Crippen LogP contribution is -2.35. The molecule has 126 valence electrons. The highest BCUT2D eigenvalue weighted by Crippen LogP contribution is 2.09. The molecule has 0 aliphatic rings. The van der Waals surface area contributed by atoms with Crippen LogP contribution in [0.4, 0.5) is 4.39 Å². The maximum atomic E-state index is 12.8. The van der Waals surface area contributed by atoms with Crippen LogP contribution < -0.4 is 10.8 Å². The summed E-state index contributed by atoms with van der Waals surface area (Å²) in [5.41, 5.74) is 1.64. The second-order valence-electron chi connectivity index (χ2n) is 5.60. The van der Waals surface area contributed by atoms with Gasteiger partial charge in [-0.2, -0.15) is 0 Å². The standard InChI is InChI=1S/C15H32FN3O2/c1-14(16)19(2)13-17-12-10-8-6-4-3-5-7-9-11-15(20)18-21/h14,17,21H,3-13H2,1-2H3,(H,18,20). The van der Waals surface area contributed by atoms with Crippen LogP contribution in [0.25, 0.3) is 0 Å². The number of unbranched alkanes of at least 4 members (excludes halogenated alkanes) is 7. The van der Waals surface area contributed by atoms with Crippen molar-refractivity contribution in [3.8, 4) is 0 Å². The minimum Gasteiger partial charge on any atom is -0.304 e. The van der Waals surface area contributed by atoms with Crippen LogP contribution in [0.5, 0.6) is 0 Å². The molecule has 0 aromatic heterocycles. The van der Waals surface area contributed by atoms with Gasteiger partial charge >= 0.3 is 0 Å². The van der Waals surface area contributed by atoms with Gasteiger partial charge in [0.25, 0.3) is 0 Å². The van der Waals surface area contributed by atoms with Gasteiger partial charge in [0.05, 0.1) is 6.67 Å². The average molecular weight is 305 g/mol. The van der Waals surface area contributed by atoms with Crippen molar-refractivity contribution in [2.45, 2.75) is 71.0 Å². The zero-order valence-electron chi connectivity index (χ0n) is 13.5. The van der Waals surface area contributed by atoms with Gasteiger partial charge in [-0.1, -0.05) is 38.5 Å². The van der Waals surface area contributed by atoms with Crippen LogP contribution in [0, 0.1) is 0 Å². The molecule has 0 heterocycles. The molecule has 0 saturated carbocycles. The number of halogens is 1. The number of nitrogens with one attached hydrogen (secondary N) is 2. The highest BCUT2D eigenvalue weighted by atomic mass is 19.1. The van der Waals surface area contributed by atoms with E-state index in [-0.39, 0.29) is 5.91 Å². The Hall–Kier alpha value is -0.720. The smallest absolute Gasteiger partial charge is 0.243 e. The van der Waals surface area contributed by atoms with E-state index in [4.69, 9.17) is 5.21 Å². The number of rotatable bonds is 14. The lowest BCUT2D eigenvalue weighted by atomic mass is 10.1. The Morgan fingerprint density at radius 2 is 1.62 bits per heavy atom. The predicted molar refractivity (Wildman–Crippen MR) is 82.7 cm³/mol. The molecule has 5 nitrogen and oxygen atoms in total. The fraction of sp³-hybridized carbons (Fsp3) is 0.933. The second-order valence-corrected chi connectivity index (χ2v) is 5.60. The Morgan fingerprint density at radius 3 is 2.14 bits per heavy atom. The third-order valence-electron chi connectivity index (χ3n) is 3.60. The van der Waals surface area contributed by atoms with E-state index in [9.17, 15) is 9.18 Å². The fourth-order valence-electron chi connectivity index (χ4n) is 2.03. The lowest BCUT2D eigenvalue weighted by Gasteiger charge is -2.18. The summed E-state index contributed by atoms with van der Waals surface area (Å²) in [5, 5.41) is 11.6. The van der Waals surface area contributed by atoms with Gasteiger partial charge < -0.3 is 5.32 Å². The molecule has 0 rings (SSSR count). The molecule has 0 bridgehead atoms. The number of alkyl halides is 1. The normalized spacial score (nSPS) is 12.6. The molecule has 0 aliphatic heterocycles. The number of amides is 1. The number of carbonyl (C=O) groups is 1. The number of hydrogen-bond donors (Lipinski definition) is 3. The SMILES string of the molecule is CC(F)N(C)CNCCCCCCCCCCC(=O)NO. The first kappa shape index (κ1) is 20.3. The van der Waals surface area contributed by atoms with Gasteiger partial charge in [-0.25, -0.2) is 9.87 Å². The molecule has 0 aliphatic carbocycles. The first-order valence-corrected chi connectivity index (χ1v) is 8.06. The van der Waals surface area contributed by atoms with Gasteiger partial charge in [0.1, 0.15) is 0 Å². The Kier molecular flexibility index (Phi) is 13.7. The molecule has 0 spiro atoms. The topological polar surface area (TPSA) is 64.6 Å². The molecular weight excluding hydrogens is 273 g/mol. The van der Waals surface area contributed by atoms with Crippen LogP contribution in [0.15, 0.2) is 0 Å². The first-order valence-electron chi connectivity index (χ1n) is 8.06. The summed E-state index contributed by atoms with van der Waals surface area (Å²) in [4.78, 5) is 12.4. The Labute approximate surface area is 128 Å². The predicted octanol–water partition coefficient (Wildman–Crippen LogP) is 2.80. The monoisotopic (exact) mass is 305 g/mol. The van der Waals surface area contributed by atoms with Crippen molar-refractivity contribution >= 4 is 5.91 Å². The minimum absolute atomic E-state index is 0.296. The van der Waals surface area contributed by atoms with Crippen LogP contribution in [0.3, 0.4) is 0 Å². The summed E-state index contributed by atoms with van der Waals surface area (Å²) >= 11 is 0. The van der Waals surface area contributed by atoms with Crippen molar-refractivity contribution in [3.05, 3.63) is 0 Å². The summed E-state index contributed by atoms with van der Waals surface area (Å²) < 4.78 is 12.8. The van der Waals surface area contributed by atoms with Gasteiger partial charge in [0.15, 0.2) is 6.30 Å². The highest BCUT2D eigenvalue weighted by Gasteiger charge is 2.04. The van der Waals surface area contributed by atoms with Crippen LogP contribution >= 0.6 is 0 Å². The van der Waals surface area contributed by atoms with Crippen molar-refractivity contribution < 1.29 is 14.4 Å². The van der Waals surface area contributed by atoms with Gasteiger partial charge in [0, 0.05) is 6.42 Å². The number of carbonyl (C=O) groups excluding carboxylic acids is 1. The molecule has 0 fully saturated rings. The van der Waals surface area contributed by atoms with Crippen molar-refractivity contribution in [2.75, 3.05) is 20.3 Å². The number of nitrogens with zero attached hydrogens (tertiary/aromatic N) is 1. The van der Waals surface area contributed by atoms with E-state index < -0.39 is 6.30 Å². The van der Waals surface area contributed by atoms with Gasteiger partial charge in [-0.05, 0) is 33.4 Å². The van der Waals surface area contributed by atoms with E-state index in [1.165, 1.54) is 32.6 Å². The Bertz CT molecular complexity index is 253. The third-order valence-corrected chi connectivity index (χ3v) is 3.60. The van der Waals surface area contributed by atoms with Crippen LogP contribution in [-0.2, 0) is 4.79 Å². The fourth-order valence-corrected chi connectivity index (χ4v) is 2.03. The molecule has 0 aromatic rings. The van der Waals surface area contributed by atoms with Gasteiger partial charge in [-0.15, -0.1) is 0 Å². The molecule has 6 heteroatoms. The molecule has 1 unspecified atom stereocenters. The maximum Gasteiger partial charge on any atom is 0.243 e. The summed E-state index contributed by atoms with van der Waals surface area (Å²) in [6.45, 7) is 3.07. The van der Waals surface area contributed by atoms with Crippen molar-refractivity contribution in [1.82, 2.24) is 15.7 Å².